The van der Waals surface area contributed by atoms with E-state index in [9.17, 15) is 14.4 Å². The molecule has 0 aliphatic carbocycles. The molecule has 240 valence electrons. The number of benzene rings is 4. The van der Waals surface area contributed by atoms with Crippen LogP contribution in [-0.2, 0) is 4.79 Å². The van der Waals surface area contributed by atoms with Crippen LogP contribution in [0.2, 0.25) is 0 Å². The highest BCUT2D eigenvalue weighted by Gasteiger charge is 2.24. The molecule has 6 rings (SSSR count). The molecule has 2 N–H and O–H groups in total. The van der Waals surface area contributed by atoms with Crippen molar-refractivity contribution >= 4 is 61.7 Å². The van der Waals surface area contributed by atoms with E-state index >= 15 is 0 Å². The Kier molecular flexibility index (Phi) is 9.70. The smallest absolute Gasteiger partial charge is 0.204 e. The SMILES string of the molecule is Cc1ccccc1C(=O)c1cnc(Nc2cccc(C(C)C(=O)C(C)c3cccc(Nc4ncc(C(=O)c5ccccc5C)s4)c3)c2)s1. The summed E-state index contributed by atoms with van der Waals surface area (Å²) < 4.78 is 0. The first-order chi connectivity index (χ1) is 23.2. The van der Waals surface area contributed by atoms with Crippen molar-refractivity contribution in [3.63, 3.8) is 0 Å². The summed E-state index contributed by atoms with van der Waals surface area (Å²) in [4.78, 5) is 49.7. The molecule has 0 saturated carbocycles. The fourth-order valence-electron chi connectivity index (χ4n) is 5.52. The van der Waals surface area contributed by atoms with Crippen LogP contribution >= 0.6 is 22.7 Å². The van der Waals surface area contributed by atoms with Crippen LogP contribution in [-0.4, -0.2) is 27.3 Å². The lowest BCUT2D eigenvalue weighted by atomic mass is 9.85. The number of carbonyl (C=O) groups is 3. The van der Waals surface area contributed by atoms with Crippen molar-refractivity contribution in [2.75, 3.05) is 10.6 Å². The van der Waals surface area contributed by atoms with Gasteiger partial charge in [0.1, 0.15) is 5.78 Å². The highest BCUT2D eigenvalue weighted by Crippen LogP contribution is 2.32. The van der Waals surface area contributed by atoms with Gasteiger partial charge in [-0.3, -0.25) is 14.4 Å². The van der Waals surface area contributed by atoms with Crippen LogP contribution in [0.1, 0.15) is 78.4 Å². The van der Waals surface area contributed by atoms with Crippen molar-refractivity contribution in [3.8, 4) is 0 Å². The Bertz CT molecular complexity index is 1980. The average molecular weight is 671 g/mol. The molecule has 9 heteroatoms. The van der Waals surface area contributed by atoms with Gasteiger partial charge in [-0.05, 0) is 60.4 Å². The summed E-state index contributed by atoms with van der Waals surface area (Å²) in [6.45, 7) is 7.69. The van der Waals surface area contributed by atoms with Gasteiger partial charge >= 0.3 is 0 Å². The molecule has 4 aromatic carbocycles. The molecule has 0 aliphatic rings. The molecule has 7 nitrogen and oxygen atoms in total. The number of hydrogen-bond donors (Lipinski definition) is 2. The summed E-state index contributed by atoms with van der Waals surface area (Å²) in [7, 11) is 0. The number of aryl methyl sites for hydroxylation is 2. The highest BCUT2D eigenvalue weighted by molar-refractivity contribution is 7.18. The molecule has 2 heterocycles. The number of Topliss-reactive ketones (excluding diaryl/α,β-unsaturated/α-hetero) is 1. The van der Waals surface area contributed by atoms with E-state index in [0.29, 0.717) is 31.1 Å². The summed E-state index contributed by atoms with van der Waals surface area (Å²) in [5, 5.41) is 7.81. The van der Waals surface area contributed by atoms with Gasteiger partial charge in [0.2, 0.25) is 11.6 Å². The molecule has 0 saturated heterocycles. The second-order valence-corrected chi connectivity index (χ2v) is 13.8. The highest BCUT2D eigenvalue weighted by atomic mass is 32.1. The van der Waals surface area contributed by atoms with Crippen LogP contribution in [0.5, 0.6) is 0 Å². The topological polar surface area (TPSA) is 101 Å². The molecule has 0 fully saturated rings. The van der Waals surface area contributed by atoms with E-state index in [0.717, 1.165) is 33.6 Å². The maximum absolute atomic E-state index is 13.7. The summed E-state index contributed by atoms with van der Waals surface area (Å²) in [5.41, 5.74) is 6.53. The number of rotatable bonds is 12. The van der Waals surface area contributed by atoms with Crippen molar-refractivity contribution in [2.45, 2.75) is 39.5 Å². The summed E-state index contributed by atoms with van der Waals surface area (Å²) in [6.07, 6.45) is 3.20. The maximum atomic E-state index is 13.7. The Balaban J connectivity index is 1.11. The normalized spacial score (nSPS) is 12.2. The summed E-state index contributed by atoms with van der Waals surface area (Å²) >= 11 is 2.60. The Morgan fingerprint density at radius 3 is 1.42 bits per heavy atom. The van der Waals surface area contributed by atoms with Crippen molar-refractivity contribution in [1.82, 2.24) is 9.97 Å². The third-order valence-electron chi connectivity index (χ3n) is 8.37. The van der Waals surface area contributed by atoms with E-state index in [1.165, 1.54) is 22.7 Å². The molecule has 0 spiro atoms. The van der Waals surface area contributed by atoms with Crippen molar-refractivity contribution in [2.24, 2.45) is 0 Å². The third-order valence-corrected chi connectivity index (χ3v) is 10.2. The lowest BCUT2D eigenvalue weighted by Gasteiger charge is -2.18. The van der Waals surface area contributed by atoms with Crippen molar-refractivity contribution in [1.29, 1.82) is 0 Å². The molecule has 0 aliphatic heterocycles. The molecule has 0 bridgehead atoms. The first kappa shape index (κ1) is 32.7. The van der Waals surface area contributed by atoms with Gasteiger partial charge in [0, 0.05) is 34.3 Å². The molecule has 2 aromatic heterocycles. The second kappa shape index (κ2) is 14.3. The van der Waals surface area contributed by atoms with Crippen molar-refractivity contribution < 1.29 is 14.4 Å². The predicted octanol–water partition coefficient (Wildman–Crippen LogP) is 9.64. The lowest BCUT2D eigenvalue weighted by molar-refractivity contribution is -0.121. The first-order valence-electron chi connectivity index (χ1n) is 15.6. The lowest BCUT2D eigenvalue weighted by Crippen LogP contribution is -2.16. The number of nitrogens with zero attached hydrogens (tertiary/aromatic N) is 2. The minimum absolute atomic E-state index is 0.0514. The number of anilines is 4. The maximum Gasteiger partial charge on any atom is 0.204 e. The van der Waals surface area contributed by atoms with Crippen molar-refractivity contribution in [3.05, 3.63) is 153 Å². The van der Waals surface area contributed by atoms with Gasteiger partial charge in [-0.1, -0.05) is 109 Å². The number of thiazole rings is 2. The van der Waals surface area contributed by atoms with E-state index in [1.54, 1.807) is 12.4 Å². The van der Waals surface area contributed by atoms with Gasteiger partial charge < -0.3 is 10.6 Å². The van der Waals surface area contributed by atoms with Gasteiger partial charge in [-0.2, -0.15) is 0 Å². The molecule has 48 heavy (non-hydrogen) atoms. The van der Waals surface area contributed by atoms with Crippen LogP contribution < -0.4 is 10.6 Å². The monoisotopic (exact) mass is 670 g/mol. The zero-order chi connectivity index (χ0) is 33.8. The van der Waals surface area contributed by atoms with Gasteiger partial charge in [-0.25, -0.2) is 9.97 Å². The van der Waals surface area contributed by atoms with E-state index in [2.05, 4.69) is 20.6 Å². The van der Waals surface area contributed by atoms with E-state index in [1.807, 2.05) is 125 Å². The quantitative estimate of drug-likeness (QED) is 0.125. The van der Waals surface area contributed by atoms with Crippen LogP contribution in [0.25, 0.3) is 0 Å². The van der Waals surface area contributed by atoms with Crippen LogP contribution in [0.4, 0.5) is 21.6 Å². The fourth-order valence-corrected chi connectivity index (χ4v) is 7.10. The molecule has 6 aromatic rings. The molecule has 0 radical (unpaired) electrons. The largest absolute Gasteiger partial charge is 0.332 e. The van der Waals surface area contributed by atoms with Crippen LogP contribution in [0, 0.1) is 13.8 Å². The first-order valence-corrected chi connectivity index (χ1v) is 17.2. The van der Waals surface area contributed by atoms with Gasteiger partial charge in [-0.15, -0.1) is 0 Å². The van der Waals surface area contributed by atoms with Crippen LogP contribution in [0.15, 0.2) is 109 Å². The number of hydrogen-bond acceptors (Lipinski definition) is 9. The molecular formula is C39H34N4O3S2. The average Bonchev–Trinajstić information content (AvgIpc) is 3.77. The van der Waals surface area contributed by atoms with E-state index in [-0.39, 0.29) is 29.2 Å². The number of carbonyl (C=O) groups excluding carboxylic acids is 3. The molecular weight excluding hydrogens is 637 g/mol. The van der Waals surface area contributed by atoms with Gasteiger partial charge in [0.25, 0.3) is 0 Å². The second-order valence-electron chi connectivity index (χ2n) is 11.7. The standard InChI is InChI=1S/C39H34N4O3S2/c1-23-11-5-7-17-31(23)36(45)33-21-40-38(47-33)42-29-15-9-13-27(19-29)25(3)35(44)26(4)28-14-10-16-30(20-28)43-39-41-22-34(48-39)37(46)32-18-8-6-12-24(32)2/h5-22,25-26H,1-4H3,(H,40,42)(H,41,43). The van der Waals surface area contributed by atoms with E-state index in [4.69, 9.17) is 0 Å². The number of ketones is 3. The third kappa shape index (κ3) is 7.17. The zero-order valence-electron chi connectivity index (χ0n) is 27.0. The fraction of sp³-hybridized carbons (Fsp3) is 0.154. The molecule has 0 amide bonds. The minimum atomic E-state index is -0.359. The molecule has 2 atom stereocenters. The zero-order valence-corrected chi connectivity index (χ0v) is 28.6. The Hall–Kier alpha value is -5.25. The van der Waals surface area contributed by atoms with E-state index < -0.39 is 0 Å². The number of nitrogens with one attached hydrogen (secondary N) is 2. The Labute approximate surface area is 287 Å². The van der Waals surface area contributed by atoms with Crippen LogP contribution in [0.3, 0.4) is 0 Å². The molecule has 2 unspecified atom stereocenters. The summed E-state index contributed by atoms with van der Waals surface area (Å²) in [6, 6.07) is 30.5. The minimum Gasteiger partial charge on any atom is -0.332 e. The Morgan fingerprint density at radius 2 is 1.00 bits per heavy atom. The summed E-state index contributed by atoms with van der Waals surface area (Å²) in [5.74, 6) is -0.734. The number of aromatic nitrogens is 2. The van der Waals surface area contributed by atoms with Gasteiger partial charge in [0.15, 0.2) is 10.3 Å². The predicted molar refractivity (Wildman–Crippen MR) is 195 cm³/mol. The Morgan fingerprint density at radius 1 is 0.583 bits per heavy atom. The van der Waals surface area contributed by atoms with Gasteiger partial charge in [0.05, 0.1) is 22.1 Å².